The van der Waals surface area contributed by atoms with Gasteiger partial charge in [0.1, 0.15) is 5.84 Å². The molecule has 1 aromatic carbocycles. The van der Waals surface area contributed by atoms with Gasteiger partial charge < -0.3 is 9.64 Å². The van der Waals surface area contributed by atoms with Crippen LogP contribution in [0.25, 0.3) is 0 Å². The molecule has 0 fully saturated rings. The number of hydrogen-bond acceptors (Lipinski definition) is 6. The van der Waals surface area contributed by atoms with Crippen LogP contribution in [0.3, 0.4) is 0 Å². The van der Waals surface area contributed by atoms with E-state index in [4.69, 9.17) is 4.74 Å². The maximum Gasteiger partial charge on any atom is 0.308 e. The molecule has 28 heavy (non-hydrogen) atoms. The maximum absolute atomic E-state index is 12.5. The summed E-state index contributed by atoms with van der Waals surface area (Å²) in [6.45, 7) is 9.22. The van der Waals surface area contributed by atoms with Gasteiger partial charge >= 0.3 is 5.97 Å². The zero-order valence-electron chi connectivity index (χ0n) is 16.8. The molecular weight excluding hydrogens is 382 g/mol. The van der Waals surface area contributed by atoms with Crippen LogP contribution in [0, 0.1) is 0 Å². The minimum Gasteiger partial charge on any atom is -0.452 e. The Morgan fingerprint density at radius 3 is 2.32 bits per heavy atom. The third-order valence-corrected chi connectivity index (χ3v) is 5.67. The smallest absolute Gasteiger partial charge is 0.308 e. The summed E-state index contributed by atoms with van der Waals surface area (Å²) in [4.78, 5) is 30.6. The first-order valence-corrected chi connectivity index (χ1v) is 10.7. The molecule has 8 nitrogen and oxygen atoms in total. The van der Waals surface area contributed by atoms with Gasteiger partial charge in [-0.15, -0.1) is 0 Å². The minimum atomic E-state index is -3.61. The molecule has 0 aliphatic carbocycles. The summed E-state index contributed by atoms with van der Waals surface area (Å²) in [5, 5.41) is 0. The highest BCUT2D eigenvalue weighted by atomic mass is 32.2. The molecule has 0 spiro atoms. The molecule has 1 aliphatic heterocycles. The zero-order chi connectivity index (χ0) is 21.1. The van der Waals surface area contributed by atoms with Gasteiger partial charge in [-0.05, 0) is 46.8 Å². The van der Waals surface area contributed by atoms with Gasteiger partial charge in [0, 0.05) is 17.6 Å². The molecular formula is C19H27N3O5S. The summed E-state index contributed by atoms with van der Waals surface area (Å²) >= 11 is 0. The Labute approximate surface area is 166 Å². The van der Waals surface area contributed by atoms with Crippen molar-refractivity contribution in [3.63, 3.8) is 0 Å². The summed E-state index contributed by atoms with van der Waals surface area (Å²) in [7, 11) is -3.61. The van der Waals surface area contributed by atoms with Gasteiger partial charge in [-0.3, -0.25) is 19.3 Å². The summed E-state index contributed by atoms with van der Waals surface area (Å²) in [6.07, 6.45) is -0.954. The molecule has 1 aromatic rings. The van der Waals surface area contributed by atoms with Crippen molar-refractivity contribution in [2.45, 2.75) is 64.1 Å². The predicted molar refractivity (Wildman–Crippen MR) is 105 cm³/mol. The third-order valence-electron chi connectivity index (χ3n) is 4.27. The number of carbonyl (C=O) groups excluding carboxylic acids is 2. The number of carbonyl (C=O) groups is 2. The number of amidine groups is 1. The molecule has 9 heteroatoms. The average molecular weight is 410 g/mol. The Balaban J connectivity index is 1.95. The molecule has 1 amide bonds. The number of sulfonamides is 1. The Bertz CT molecular complexity index is 869. The number of nitrogens with one attached hydrogen (secondary N) is 1. The molecule has 1 N–H and O–H groups in total. The lowest BCUT2D eigenvalue weighted by atomic mass is 10.2. The normalized spacial score (nSPS) is 17.3. The van der Waals surface area contributed by atoms with E-state index < -0.39 is 22.1 Å². The Morgan fingerprint density at radius 2 is 1.71 bits per heavy atom. The first kappa shape index (κ1) is 21.9. The number of amides is 1. The van der Waals surface area contributed by atoms with Crippen molar-refractivity contribution in [3.8, 4) is 0 Å². The number of benzene rings is 1. The van der Waals surface area contributed by atoms with Crippen molar-refractivity contribution in [2.75, 3.05) is 6.54 Å². The number of nitrogens with zero attached hydrogens (tertiary/aromatic N) is 2. The first-order chi connectivity index (χ1) is 13.0. The monoisotopic (exact) mass is 409 g/mol. The second-order valence-electron chi connectivity index (χ2n) is 7.15. The van der Waals surface area contributed by atoms with Gasteiger partial charge in [0.05, 0.1) is 17.9 Å². The first-order valence-electron chi connectivity index (χ1n) is 9.23. The van der Waals surface area contributed by atoms with Crippen LogP contribution in [-0.2, 0) is 24.3 Å². The van der Waals surface area contributed by atoms with Crippen LogP contribution in [0.1, 0.15) is 46.6 Å². The van der Waals surface area contributed by atoms with E-state index in [9.17, 15) is 18.0 Å². The standard InChI is InChI=1S/C19H27N3O5S/c1-12(2)22(13(3)4)19(24)14(5)27-17(23)10-11-20-18-15-8-6-7-9-16(15)28(25,26)21-18/h6-9,12-14H,10-11H2,1-5H3,(H,20,21)/t14-/m0/s1. The fraction of sp³-hybridized carbons (Fsp3) is 0.526. The number of aliphatic imine (C=N–C) groups is 1. The van der Waals surface area contributed by atoms with Gasteiger partial charge in [0.15, 0.2) is 6.10 Å². The van der Waals surface area contributed by atoms with Crippen LogP contribution in [0.2, 0.25) is 0 Å². The molecule has 0 radical (unpaired) electrons. The largest absolute Gasteiger partial charge is 0.452 e. The quantitative estimate of drug-likeness (QED) is 0.690. The molecule has 1 heterocycles. The molecule has 0 aromatic heterocycles. The van der Waals surface area contributed by atoms with E-state index in [-0.39, 0.29) is 41.7 Å². The van der Waals surface area contributed by atoms with Crippen LogP contribution >= 0.6 is 0 Å². The summed E-state index contributed by atoms with van der Waals surface area (Å²) in [5.41, 5.74) is 0.476. The van der Waals surface area contributed by atoms with Gasteiger partial charge in [-0.2, -0.15) is 0 Å². The van der Waals surface area contributed by atoms with Crippen LogP contribution in [0.4, 0.5) is 0 Å². The molecule has 0 saturated carbocycles. The van der Waals surface area contributed by atoms with Gasteiger partial charge in [-0.25, -0.2) is 8.42 Å². The topological polar surface area (TPSA) is 105 Å². The van der Waals surface area contributed by atoms with Crippen molar-refractivity contribution < 1.29 is 22.7 Å². The predicted octanol–water partition coefficient (Wildman–Crippen LogP) is 1.69. The lowest BCUT2D eigenvalue weighted by molar-refractivity contribution is -0.160. The van der Waals surface area contributed by atoms with E-state index in [1.54, 1.807) is 30.0 Å². The van der Waals surface area contributed by atoms with Crippen molar-refractivity contribution in [1.29, 1.82) is 0 Å². The summed E-state index contributed by atoms with van der Waals surface area (Å²) in [6, 6.07) is 6.49. The number of fused-ring (bicyclic) bond motifs is 1. The highest BCUT2D eigenvalue weighted by molar-refractivity contribution is 7.90. The van der Waals surface area contributed by atoms with Gasteiger partial charge in [0.25, 0.3) is 15.9 Å². The van der Waals surface area contributed by atoms with E-state index in [1.807, 2.05) is 27.7 Å². The molecule has 0 unspecified atom stereocenters. The van der Waals surface area contributed by atoms with E-state index in [1.165, 1.54) is 6.07 Å². The molecule has 1 atom stereocenters. The van der Waals surface area contributed by atoms with E-state index in [0.717, 1.165) is 0 Å². The molecule has 1 aliphatic rings. The number of hydrogen-bond donors (Lipinski definition) is 1. The van der Waals surface area contributed by atoms with Crippen molar-refractivity contribution >= 4 is 27.7 Å². The van der Waals surface area contributed by atoms with Crippen molar-refractivity contribution in [1.82, 2.24) is 9.62 Å². The van der Waals surface area contributed by atoms with Crippen LogP contribution in [0.5, 0.6) is 0 Å². The van der Waals surface area contributed by atoms with E-state index >= 15 is 0 Å². The molecule has 0 saturated heterocycles. The Morgan fingerprint density at radius 1 is 1.11 bits per heavy atom. The third kappa shape index (κ3) is 4.89. The summed E-state index contributed by atoms with van der Waals surface area (Å²) in [5.74, 6) is -0.604. The molecule has 0 bridgehead atoms. The highest BCUT2D eigenvalue weighted by Crippen LogP contribution is 2.22. The second-order valence-corrected chi connectivity index (χ2v) is 8.80. The lowest BCUT2D eigenvalue weighted by Crippen LogP contribution is -2.47. The average Bonchev–Trinajstić information content (AvgIpc) is 2.85. The zero-order valence-corrected chi connectivity index (χ0v) is 17.6. The fourth-order valence-electron chi connectivity index (χ4n) is 3.13. The number of esters is 1. The minimum absolute atomic E-state index is 0.00416. The fourth-order valence-corrected chi connectivity index (χ4v) is 4.38. The van der Waals surface area contributed by atoms with Crippen molar-refractivity contribution in [2.24, 2.45) is 4.99 Å². The summed E-state index contributed by atoms with van der Waals surface area (Å²) < 4.78 is 31.7. The second kappa shape index (κ2) is 8.72. The number of ether oxygens (including phenoxy) is 1. The number of rotatable bonds is 7. The molecule has 2 rings (SSSR count). The van der Waals surface area contributed by atoms with Crippen LogP contribution in [0.15, 0.2) is 34.2 Å². The molecule has 154 valence electrons. The Hall–Kier alpha value is -2.42. The lowest BCUT2D eigenvalue weighted by Gasteiger charge is -2.32. The van der Waals surface area contributed by atoms with E-state index in [2.05, 4.69) is 9.71 Å². The Kier molecular flexibility index (Phi) is 6.82. The SMILES string of the molecule is CC(C)N(C(=O)[C@H](C)OC(=O)CCN=C1NS(=O)(=O)c2ccccc21)C(C)C. The van der Waals surface area contributed by atoms with Gasteiger partial charge in [-0.1, -0.05) is 12.1 Å². The van der Waals surface area contributed by atoms with Crippen LogP contribution in [-0.4, -0.2) is 55.8 Å². The van der Waals surface area contributed by atoms with Gasteiger partial charge in [0.2, 0.25) is 0 Å². The van der Waals surface area contributed by atoms with Crippen molar-refractivity contribution in [3.05, 3.63) is 29.8 Å². The maximum atomic E-state index is 12.5. The van der Waals surface area contributed by atoms with E-state index in [0.29, 0.717) is 5.56 Å². The highest BCUT2D eigenvalue weighted by Gasteiger charge is 2.30. The van der Waals surface area contributed by atoms with Crippen LogP contribution < -0.4 is 4.72 Å².